The van der Waals surface area contributed by atoms with E-state index in [0.717, 1.165) is 0 Å². The Morgan fingerprint density at radius 3 is 2.50 bits per heavy atom. The summed E-state index contributed by atoms with van der Waals surface area (Å²) in [5.41, 5.74) is 5.64. The predicted molar refractivity (Wildman–Crippen MR) is 53.2 cm³/mol. The van der Waals surface area contributed by atoms with Gasteiger partial charge in [0.15, 0.2) is 0 Å². The van der Waals surface area contributed by atoms with Gasteiger partial charge in [0.1, 0.15) is 5.75 Å². The summed E-state index contributed by atoms with van der Waals surface area (Å²) in [7, 11) is 1.48. The van der Waals surface area contributed by atoms with Crippen LogP contribution in [0.1, 0.15) is 11.6 Å². The summed E-state index contributed by atoms with van der Waals surface area (Å²) >= 11 is 0. The first-order valence-electron chi connectivity index (χ1n) is 3.83. The molecule has 14 heavy (non-hydrogen) atoms. The summed E-state index contributed by atoms with van der Waals surface area (Å²) < 4.78 is 29.3. The van der Waals surface area contributed by atoms with Crippen LogP contribution in [0.25, 0.3) is 0 Å². The zero-order valence-electron chi connectivity index (χ0n) is 7.61. The van der Waals surface area contributed by atoms with Crippen molar-refractivity contribution in [3.8, 4) is 5.75 Å². The third-order valence-corrected chi connectivity index (χ3v) is 1.75. The molecule has 0 saturated heterocycles. The number of halogens is 3. The van der Waals surface area contributed by atoms with Gasteiger partial charge in [-0.05, 0) is 17.7 Å². The van der Waals surface area contributed by atoms with E-state index in [0.29, 0.717) is 11.3 Å². The molecule has 0 amide bonds. The van der Waals surface area contributed by atoms with Gasteiger partial charge in [0.05, 0.1) is 13.2 Å². The van der Waals surface area contributed by atoms with Crippen molar-refractivity contribution in [1.29, 1.82) is 0 Å². The van der Waals surface area contributed by atoms with Crippen molar-refractivity contribution in [2.45, 2.75) is 12.5 Å². The fourth-order valence-corrected chi connectivity index (χ4v) is 0.994. The van der Waals surface area contributed by atoms with Crippen LogP contribution in [0, 0.1) is 0 Å². The highest BCUT2D eigenvalue weighted by Crippen LogP contribution is 2.21. The normalized spacial score (nSPS) is 12.1. The Kier molecular flexibility index (Phi) is 5.42. The Bertz CT molecular complexity index is 283. The highest BCUT2D eigenvalue weighted by atomic mass is 35.5. The molecule has 0 aliphatic heterocycles. The van der Waals surface area contributed by atoms with E-state index in [-0.39, 0.29) is 12.4 Å². The molecule has 1 atom stereocenters. The number of nitrogens with two attached hydrogens (primary N) is 1. The zero-order chi connectivity index (χ0) is 9.84. The minimum atomic E-state index is -2.55. The van der Waals surface area contributed by atoms with Crippen LogP contribution in [0.4, 0.5) is 8.78 Å². The Morgan fingerprint density at radius 2 is 2.00 bits per heavy atom. The molecule has 2 N–H and O–H groups in total. The topological polar surface area (TPSA) is 35.2 Å². The summed E-state index contributed by atoms with van der Waals surface area (Å²) in [6.45, 7) is 0. The first-order chi connectivity index (χ1) is 6.15. The fraction of sp³-hybridized carbons (Fsp3) is 0.333. The molecular formula is C9H12ClF2NO. The molecule has 0 radical (unpaired) electrons. The number of hydrogen-bond acceptors (Lipinski definition) is 2. The van der Waals surface area contributed by atoms with Gasteiger partial charge in [-0.2, -0.15) is 0 Å². The first-order valence-corrected chi connectivity index (χ1v) is 3.83. The van der Waals surface area contributed by atoms with Crippen LogP contribution < -0.4 is 10.5 Å². The van der Waals surface area contributed by atoms with Crippen molar-refractivity contribution < 1.29 is 13.5 Å². The highest BCUT2D eigenvalue weighted by Gasteiger charge is 2.17. The van der Waals surface area contributed by atoms with Gasteiger partial charge in [-0.1, -0.05) is 12.1 Å². The maximum Gasteiger partial charge on any atom is 0.257 e. The van der Waals surface area contributed by atoms with E-state index in [1.807, 2.05) is 0 Å². The Labute approximate surface area is 87.5 Å². The average molecular weight is 224 g/mol. The summed E-state index contributed by atoms with van der Waals surface area (Å²) in [5, 5.41) is 0. The Hall–Kier alpha value is -0.870. The van der Waals surface area contributed by atoms with Crippen molar-refractivity contribution in [3.63, 3.8) is 0 Å². The predicted octanol–water partition coefficient (Wildman–Crippen LogP) is 2.38. The molecule has 1 rings (SSSR count). The molecule has 2 nitrogen and oxygen atoms in total. The van der Waals surface area contributed by atoms with E-state index < -0.39 is 12.5 Å². The van der Waals surface area contributed by atoms with Crippen molar-refractivity contribution in [1.82, 2.24) is 0 Å². The summed E-state index contributed by atoms with van der Waals surface area (Å²) in [4.78, 5) is 0. The van der Waals surface area contributed by atoms with E-state index in [9.17, 15) is 8.78 Å². The summed E-state index contributed by atoms with van der Waals surface area (Å²) in [6, 6.07) is 5.14. The minimum absolute atomic E-state index is 0. The van der Waals surface area contributed by atoms with Crippen molar-refractivity contribution in [3.05, 3.63) is 29.8 Å². The van der Waals surface area contributed by atoms with Crippen LogP contribution in [0.15, 0.2) is 24.3 Å². The molecule has 0 aromatic heterocycles. The summed E-state index contributed by atoms with van der Waals surface area (Å²) in [6.07, 6.45) is -2.55. The third kappa shape index (κ3) is 3.12. The molecule has 5 heteroatoms. The van der Waals surface area contributed by atoms with Gasteiger partial charge in [-0.15, -0.1) is 12.4 Å². The molecule has 80 valence electrons. The standard InChI is InChI=1S/C9H11F2NO.ClH/c1-13-7-4-2-3-6(5-7)8(12)9(10)11;/h2-5,8-9H,12H2,1H3;1H/t8-;/m1./s1. The second kappa shape index (κ2) is 5.78. The van der Waals surface area contributed by atoms with E-state index >= 15 is 0 Å². The van der Waals surface area contributed by atoms with E-state index in [1.165, 1.54) is 13.2 Å². The van der Waals surface area contributed by atoms with Crippen molar-refractivity contribution in [2.75, 3.05) is 7.11 Å². The van der Waals surface area contributed by atoms with Crippen LogP contribution in [-0.2, 0) is 0 Å². The van der Waals surface area contributed by atoms with Gasteiger partial charge in [0, 0.05) is 0 Å². The fourth-order valence-electron chi connectivity index (χ4n) is 0.994. The molecule has 0 bridgehead atoms. The molecule has 0 unspecified atom stereocenters. The molecule has 1 aromatic carbocycles. The molecule has 0 spiro atoms. The van der Waals surface area contributed by atoms with Crippen LogP contribution in [0.5, 0.6) is 5.75 Å². The molecule has 0 heterocycles. The number of rotatable bonds is 3. The Balaban J connectivity index is 0.00000169. The summed E-state index contributed by atoms with van der Waals surface area (Å²) in [5.74, 6) is 0.536. The van der Waals surface area contributed by atoms with Crippen molar-refractivity contribution >= 4 is 12.4 Å². The molecule has 0 fully saturated rings. The molecular weight excluding hydrogens is 212 g/mol. The number of ether oxygens (including phenoxy) is 1. The van der Waals surface area contributed by atoms with E-state index in [1.54, 1.807) is 18.2 Å². The lowest BCUT2D eigenvalue weighted by molar-refractivity contribution is 0.116. The second-order valence-corrected chi connectivity index (χ2v) is 2.64. The lowest BCUT2D eigenvalue weighted by Gasteiger charge is -2.11. The average Bonchev–Trinajstić information content (AvgIpc) is 2.16. The van der Waals surface area contributed by atoms with Gasteiger partial charge < -0.3 is 10.5 Å². The lowest BCUT2D eigenvalue weighted by Crippen LogP contribution is -2.18. The zero-order valence-corrected chi connectivity index (χ0v) is 8.43. The minimum Gasteiger partial charge on any atom is -0.497 e. The largest absolute Gasteiger partial charge is 0.497 e. The quantitative estimate of drug-likeness (QED) is 0.854. The first kappa shape index (κ1) is 13.1. The second-order valence-electron chi connectivity index (χ2n) is 2.64. The van der Waals surface area contributed by atoms with Gasteiger partial charge in [0.25, 0.3) is 6.43 Å². The van der Waals surface area contributed by atoms with Gasteiger partial charge >= 0.3 is 0 Å². The van der Waals surface area contributed by atoms with Gasteiger partial charge in [-0.25, -0.2) is 8.78 Å². The van der Waals surface area contributed by atoms with E-state index in [4.69, 9.17) is 10.5 Å². The van der Waals surface area contributed by atoms with Gasteiger partial charge in [0.2, 0.25) is 0 Å². The smallest absolute Gasteiger partial charge is 0.257 e. The van der Waals surface area contributed by atoms with E-state index in [2.05, 4.69) is 0 Å². The maximum atomic E-state index is 12.2. The van der Waals surface area contributed by atoms with Gasteiger partial charge in [-0.3, -0.25) is 0 Å². The molecule has 1 aromatic rings. The SMILES string of the molecule is COc1cccc([C@@H](N)C(F)F)c1.Cl. The highest BCUT2D eigenvalue weighted by molar-refractivity contribution is 5.85. The van der Waals surface area contributed by atoms with Crippen LogP contribution in [0.3, 0.4) is 0 Å². The van der Waals surface area contributed by atoms with Crippen molar-refractivity contribution in [2.24, 2.45) is 5.73 Å². The number of alkyl halides is 2. The monoisotopic (exact) mass is 223 g/mol. The number of hydrogen-bond donors (Lipinski definition) is 1. The number of methoxy groups -OCH3 is 1. The van der Waals surface area contributed by atoms with Crippen LogP contribution in [0.2, 0.25) is 0 Å². The Morgan fingerprint density at radius 1 is 1.36 bits per heavy atom. The third-order valence-electron chi connectivity index (χ3n) is 1.75. The molecule has 0 aliphatic rings. The molecule has 0 aliphatic carbocycles. The maximum absolute atomic E-state index is 12.2. The lowest BCUT2D eigenvalue weighted by atomic mass is 10.1. The van der Waals surface area contributed by atoms with Crippen LogP contribution in [-0.4, -0.2) is 13.5 Å². The number of benzene rings is 1. The molecule has 0 saturated carbocycles. The van der Waals surface area contributed by atoms with Crippen LogP contribution >= 0.6 is 12.4 Å².